The highest BCUT2D eigenvalue weighted by atomic mass is 19.4. The number of hydrogen-bond donors (Lipinski definition) is 1. The molecule has 2 heterocycles. The van der Waals surface area contributed by atoms with Crippen molar-refractivity contribution >= 4 is 0 Å². The Labute approximate surface area is 172 Å². The topological polar surface area (TPSA) is 62.4 Å². The van der Waals surface area contributed by atoms with Crippen molar-refractivity contribution in [3.8, 4) is 11.4 Å². The van der Waals surface area contributed by atoms with Gasteiger partial charge in [0.05, 0.1) is 17.7 Å². The van der Waals surface area contributed by atoms with E-state index in [1.165, 1.54) is 12.1 Å². The summed E-state index contributed by atoms with van der Waals surface area (Å²) in [4.78, 5) is 6.44. The van der Waals surface area contributed by atoms with Gasteiger partial charge in [0.1, 0.15) is 0 Å². The molecule has 4 rings (SSSR count). The monoisotopic (exact) mass is 417 g/mol. The molecule has 2 aromatic carbocycles. The van der Waals surface area contributed by atoms with Gasteiger partial charge in [0.2, 0.25) is 11.7 Å². The fraction of sp³-hybridized carbons (Fsp3) is 0.364. The van der Waals surface area contributed by atoms with Crippen molar-refractivity contribution in [3.05, 3.63) is 71.6 Å². The van der Waals surface area contributed by atoms with Gasteiger partial charge < -0.3 is 9.63 Å². The third-order valence-corrected chi connectivity index (χ3v) is 5.46. The average molecular weight is 417 g/mol. The molecule has 30 heavy (non-hydrogen) atoms. The van der Waals surface area contributed by atoms with Crippen molar-refractivity contribution in [2.75, 3.05) is 13.1 Å². The van der Waals surface area contributed by atoms with Crippen molar-refractivity contribution in [1.29, 1.82) is 0 Å². The van der Waals surface area contributed by atoms with Crippen LogP contribution in [0.5, 0.6) is 0 Å². The van der Waals surface area contributed by atoms with Crippen LogP contribution < -0.4 is 0 Å². The Morgan fingerprint density at radius 1 is 1.00 bits per heavy atom. The van der Waals surface area contributed by atoms with E-state index in [4.69, 9.17) is 4.52 Å². The lowest BCUT2D eigenvalue weighted by molar-refractivity contribution is -0.137. The van der Waals surface area contributed by atoms with Gasteiger partial charge in [-0.15, -0.1) is 0 Å². The molecule has 8 heteroatoms. The molecule has 0 saturated carbocycles. The van der Waals surface area contributed by atoms with E-state index in [0.29, 0.717) is 50.4 Å². The smallest absolute Gasteiger partial charge is 0.389 e. The van der Waals surface area contributed by atoms with Crippen LogP contribution in [0.1, 0.15) is 29.9 Å². The number of alkyl halides is 3. The minimum atomic E-state index is -4.38. The number of halogens is 3. The summed E-state index contributed by atoms with van der Waals surface area (Å²) in [6.07, 6.45) is -2.47. The summed E-state index contributed by atoms with van der Waals surface area (Å²) in [5.74, 6) is 0.662. The normalized spacial score (nSPS) is 17.2. The lowest BCUT2D eigenvalue weighted by Crippen LogP contribution is -2.45. The van der Waals surface area contributed by atoms with Crippen LogP contribution in [-0.2, 0) is 19.1 Å². The molecule has 0 spiro atoms. The first kappa shape index (κ1) is 20.6. The Hall–Kier alpha value is -2.71. The summed E-state index contributed by atoms with van der Waals surface area (Å²) in [5, 5.41) is 14.8. The molecule has 0 amide bonds. The van der Waals surface area contributed by atoms with E-state index >= 15 is 0 Å². The van der Waals surface area contributed by atoms with E-state index in [9.17, 15) is 18.3 Å². The maximum Gasteiger partial charge on any atom is 0.416 e. The first-order chi connectivity index (χ1) is 14.3. The zero-order valence-corrected chi connectivity index (χ0v) is 16.3. The Kier molecular flexibility index (Phi) is 5.62. The third-order valence-electron chi connectivity index (χ3n) is 5.46. The number of nitrogens with zero attached hydrogens (tertiary/aromatic N) is 3. The number of piperidine rings is 1. The van der Waals surface area contributed by atoms with E-state index in [2.05, 4.69) is 15.0 Å². The number of rotatable bonds is 5. The molecule has 1 aliphatic heterocycles. The molecule has 0 aliphatic carbocycles. The van der Waals surface area contributed by atoms with Gasteiger partial charge >= 0.3 is 6.18 Å². The van der Waals surface area contributed by atoms with Crippen LogP contribution in [0.4, 0.5) is 13.2 Å². The molecule has 1 N–H and O–H groups in total. The minimum Gasteiger partial charge on any atom is -0.389 e. The summed E-state index contributed by atoms with van der Waals surface area (Å²) in [5.41, 5.74) is 0.143. The molecule has 1 aromatic heterocycles. The fourth-order valence-electron chi connectivity index (χ4n) is 3.72. The fourth-order valence-corrected chi connectivity index (χ4v) is 3.72. The Balaban J connectivity index is 1.34. The minimum absolute atomic E-state index is 0.260. The molecule has 0 radical (unpaired) electrons. The molecule has 1 saturated heterocycles. The number of likely N-dealkylation sites (tertiary alicyclic amines) is 1. The largest absolute Gasteiger partial charge is 0.416 e. The molecule has 1 fully saturated rings. The summed E-state index contributed by atoms with van der Waals surface area (Å²) in [7, 11) is 0. The van der Waals surface area contributed by atoms with E-state index in [-0.39, 0.29) is 5.82 Å². The molecule has 0 bridgehead atoms. The summed E-state index contributed by atoms with van der Waals surface area (Å²) < 4.78 is 43.4. The standard InChI is InChI=1S/C22H22F3N3O2/c23-22(24,25)18-8-6-17(7-9-18)20-26-19(30-27-20)15-28-12-10-21(29,11-13-28)14-16-4-2-1-3-5-16/h1-9,29H,10-15H2. The lowest BCUT2D eigenvalue weighted by atomic mass is 9.85. The Morgan fingerprint density at radius 3 is 2.30 bits per heavy atom. The van der Waals surface area contributed by atoms with Crippen LogP contribution in [0.3, 0.4) is 0 Å². The van der Waals surface area contributed by atoms with E-state index in [0.717, 1.165) is 17.7 Å². The molecule has 1 aliphatic rings. The van der Waals surface area contributed by atoms with Crippen LogP contribution in [0, 0.1) is 0 Å². The van der Waals surface area contributed by atoms with Crippen molar-refractivity contribution in [1.82, 2.24) is 15.0 Å². The first-order valence-corrected chi connectivity index (χ1v) is 9.80. The predicted molar refractivity (Wildman–Crippen MR) is 104 cm³/mol. The summed E-state index contributed by atoms with van der Waals surface area (Å²) in [6.45, 7) is 1.83. The van der Waals surface area contributed by atoms with Gasteiger partial charge in [-0.3, -0.25) is 4.90 Å². The zero-order chi connectivity index (χ0) is 21.2. The third kappa shape index (κ3) is 4.88. The van der Waals surface area contributed by atoms with Gasteiger partial charge in [-0.05, 0) is 30.5 Å². The summed E-state index contributed by atoms with van der Waals surface area (Å²) in [6, 6.07) is 14.6. The molecule has 0 atom stereocenters. The molecule has 5 nitrogen and oxygen atoms in total. The zero-order valence-electron chi connectivity index (χ0n) is 16.3. The van der Waals surface area contributed by atoms with Crippen LogP contribution in [0.25, 0.3) is 11.4 Å². The van der Waals surface area contributed by atoms with Gasteiger partial charge in [-0.1, -0.05) is 47.6 Å². The van der Waals surface area contributed by atoms with E-state index in [1.54, 1.807) is 0 Å². The van der Waals surface area contributed by atoms with Gasteiger partial charge in [0.25, 0.3) is 0 Å². The highest BCUT2D eigenvalue weighted by molar-refractivity contribution is 5.54. The number of aromatic nitrogens is 2. The second-order valence-corrected chi connectivity index (χ2v) is 7.75. The predicted octanol–water partition coefficient (Wildman–Crippen LogP) is 4.33. The second kappa shape index (κ2) is 8.20. The van der Waals surface area contributed by atoms with Gasteiger partial charge in [0.15, 0.2) is 0 Å². The maximum absolute atomic E-state index is 12.7. The van der Waals surface area contributed by atoms with Crippen LogP contribution in [0.15, 0.2) is 59.1 Å². The SMILES string of the molecule is OC1(Cc2ccccc2)CCN(Cc2nc(-c3ccc(C(F)(F)F)cc3)no2)CC1. The van der Waals surface area contributed by atoms with Gasteiger partial charge in [-0.25, -0.2) is 0 Å². The number of hydrogen-bond acceptors (Lipinski definition) is 5. The Morgan fingerprint density at radius 2 is 1.67 bits per heavy atom. The lowest BCUT2D eigenvalue weighted by Gasteiger charge is -2.37. The molecule has 3 aromatic rings. The Bertz CT molecular complexity index is 963. The summed E-state index contributed by atoms with van der Waals surface area (Å²) >= 11 is 0. The van der Waals surface area contributed by atoms with Crippen LogP contribution in [0.2, 0.25) is 0 Å². The van der Waals surface area contributed by atoms with Crippen molar-refractivity contribution < 1.29 is 22.8 Å². The maximum atomic E-state index is 12.7. The van der Waals surface area contributed by atoms with Crippen molar-refractivity contribution in [2.45, 2.75) is 37.6 Å². The van der Waals surface area contributed by atoms with Crippen LogP contribution in [-0.4, -0.2) is 38.8 Å². The van der Waals surface area contributed by atoms with Crippen molar-refractivity contribution in [2.24, 2.45) is 0 Å². The number of benzene rings is 2. The second-order valence-electron chi connectivity index (χ2n) is 7.75. The molecular formula is C22H22F3N3O2. The molecule has 158 valence electrons. The van der Waals surface area contributed by atoms with E-state index in [1.807, 2.05) is 30.3 Å². The molecule has 0 unspecified atom stereocenters. The molecular weight excluding hydrogens is 395 g/mol. The average Bonchev–Trinajstić information content (AvgIpc) is 3.19. The first-order valence-electron chi connectivity index (χ1n) is 9.80. The highest BCUT2D eigenvalue weighted by Gasteiger charge is 2.33. The van der Waals surface area contributed by atoms with Crippen molar-refractivity contribution in [3.63, 3.8) is 0 Å². The van der Waals surface area contributed by atoms with Gasteiger partial charge in [0, 0.05) is 25.1 Å². The number of aliphatic hydroxyl groups is 1. The quantitative estimate of drug-likeness (QED) is 0.670. The highest BCUT2D eigenvalue weighted by Crippen LogP contribution is 2.31. The van der Waals surface area contributed by atoms with E-state index < -0.39 is 17.3 Å². The van der Waals surface area contributed by atoms with Crippen LogP contribution >= 0.6 is 0 Å². The van der Waals surface area contributed by atoms with Gasteiger partial charge in [-0.2, -0.15) is 18.2 Å².